The number of benzene rings is 1. The second-order valence-corrected chi connectivity index (χ2v) is 5.45. The molecule has 0 aliphatic carbocycles. The molecule has 1 fully saturated rings. The van der Waals surface area contributed by atoms with Crippen molar-refractivity contribution in [2.75, 3.05) is 40.3 Å². The van der Waals surface area contributed by atoms with E-state index in [9.17, 15) is 0 Å². The van der Waals surface area contributed by atoms with Crippen LogP contribution in [0.1, 0.15) is 5.56 Å². The van der Waals surface area contributed by atoms with Gasteiger partial charge in [0.25, 0.3) is 0 Å². The van der Waals surface area contributed by atoms with Crippen molar-refractivity contribution >= 4 is 15.9 Å². The molecule has 1 aliphatic heterocycles. The van der Waals surface area contributed by atoms with Crippen LogP contribution in [0.3, 0.4) is 0 Å². The predicted octanol–water partition coefficient (Wildman–Crippen LogP) is 2.21. The minimum Gasteiger partial charge on any atom is -0.496 e. The van der Waals surface area contributed by atoms with Crippen LogP contribution in [-0.2, 0) is 6.54 Å². The van der Waals surface area contributed by atoms with Gasteiger partial charge in [-0.1, -0.05) is 22.0 Å². The van der Waals surface area contributed by atoms with E-state index in [-0.39, 0.29) is 0 Å². The molecule has 1 aromatic carbocycles. The smallest absolute Gasteiger partial charge is 0.124 e. The average Bonchev–Trinajstić information content (AvgIpc) is 2.34. The Balaban J connectivity index is 2.03. The summed E-state index contributed by atoms with van der Waals surface area (Å²) in [5, 5.41) is 0. The third kappa shape index (κ3) is 3.44. The Morgan fingerprint density at radius 3 is 2.59 bits per heavy atom. The Labute approximate surface area is 111 Å². The molecular weight excluding hydrogens is 280 g/mol. The topological polar surface area (TPSA) is 15.7 Å². The summed E-state index contributed by atoms with van der Waals surface area (Å²) in [6, 6.07) is 6.25. The molecule has 0 N–H and O–H groups in total. The number of nitrogens with zero attached hydrogens (tertiary/aromatic N) is 2. The average molecular weight is 299 g/mol. The molecule has 1 aromatic rings. The largest absolute Gasteiger partial charge is 0.496 e. The Hall–Kier alpha value is -0.580. The first-order chi connectivity index (χ1) is 8.19. The van der Waals surface area contributed by atoms with Gasteiger partial charge in [-0.25, -0.2) is 0 Å². The number of halogens is 1. The number of ether oxygens (including phenoxy) is 1. The first kappa shape index (κ1) is 12.9. The van der Waals surface area contributed by atoms with E-state index >= 15 is 0 Å². The summed E-state index contributed by atoms with van der Waals surface area (Å²) in [7, 11) is 3.91. The second-order valence-electron chi connectivity index (χ2n) is 4.54. The van der Waals surface area contributed by atoms with Crippen molar-refractivity contribution in [1.82, 2.24) is 9.80 Å². The molecule has 94 valence electrons. The molecule has 0 amide bonds. The summed E-state index contributed by atoms with van der Waals surface area (Å²) < 4.78 is 6.49. The van der Waals surface area contributed by atoms with Crippen LogP contribution >= 0.6 is 15.9 Å². The monoisotopic (exact) mass is 298 g/mol. The van der Waals surface area contributed by atoms with Gasteiger partial charge in [0.1, 0.15) is 5.75 Å². The van der Waals surface area contributed by atoms with E-state index in [2.05, 4.69) is 44.9 Å². The fraction of sp³-hybridized carbons (Fsp3) is 0.538. The van der Waals surface area contributed by atoms with Crippen molar-refractivity contribution in [3.05, 3.63) is 28.2 Å². The minimum atomic E-state index is 0.971. The minimum absolute atomic E-state index is 0.971. The van der Waals surface area contributed by atoms with Crippen molar-refractivity contribution in [2.45, 2.75) is 6.54 Å². The highest BCUT2D eigenvalue weighted by molar-refractivity contribution is 9.10. The number of methoxy groups -OCH3 is 1. The molecule has 0 aromatic heterocycles. The van der Waals surface area contributed by atoms with Crippen molar-refractivity contribution in [3.63, 3.8) is 0 Å². The molecule has 0 atom stereocenters. The fourth-order valence-electron chi connectivity index (χ4n) is 2.10. The number of rotatable bonds is 3. The molecule has 0 bridgehead atoms. The maximum atomic E-state index is 5.42. The first-order valence-corrected chi connectivity index (χ1v) is 6.71. The zero-order valence-electron chi connectivity index (χ0n) is 10.4. The molecule has 17 heavy (non-hydrogen) atoms. The fourth-order valence-corrected chi connectivity index (χ4v) is 2.44. The van der Waals surface area contributed by atoms with E-state index in [4.69, 9.17) is 4.74 Å². The van der Waals surface area contributed by atoms with Crippen molar-refractivity contribution < 1.29 is 4.74 Å². The Morgan fingerprint density at radius 2 is 1.94 bits per heavy atom. The van der Waals surface area contributed by atoms with Gasteiger partial charge in [-0.05, 0) is 19.2 Å². The third-order valence-electron chi connectivity index (χ3n) is 3.24. The van der Waals surface area contributed by atoms with Crippen LogP contribution in [0.2, 0.25) is 0 Å². The predicted molar refractivity (Wildman–Crippen MR) is 73.5 cm³/mol. The van der Waals surface area contributed by atoms with Gasteiger partial charge in [-0.15, -0.1) is 0 Å². The highest BCUT2D eigenvalue weighted by Gasteiger charge is 2.15. The van der Waals surface area contributed by atoms with Crippen LogP contribution in [0.5, 0.6) is 5.75 Å². The lowest BCUT2D eigenvalue weighted by Gasteiger charge is -2.32. The molecule has 1 saturated heterocycles. The van der Waals surface area contributed by atoms with Gasteiger partial charge >= 0.3 is 0 Å². The highest BCUT2D eigenvalue weighted by Crippen LogP contribution is 2.24. The van der Waals surface area contributed by atoms with E-state index in [1.807, 2.05) is 6.07 Å². The molecule has 0 radical (unpaired) electrons. The van der Waals surface area contributed by atoms with E-state index in [1.165, 1.54) is 5.56 Å². The third-order valence-corrected chi connectivity index (χ3v) is 3.73. The number of likely N-dealkylation sites (N-methyl/N-ethyl adjacent to an activating group) is 1. The lowest BCUT2D eigenvalue weighted by molar-refractivity contribution is 0.147. The van der Waals surface area contributed by atoms with Crippen molar-refractivity contribution in [3.8, 4) is 5.75 Å². The number of hydrogen-bond acceptors (Lipinski definition) is 3. The molecule has 3 nitrogen and oxygen atoms in total. The van der Waals surface area contributed by atoms with Gasteiger partial charge in [-0.2, -0.15) is 0 Å². The van der Waals surface area contributed by atoms with Gasteiger partial charge in [0.2, 0.25) is 0 Å². The zero-order valence-corrected chi connectivity index (χ0v) is 12.0. The highest BCUT2D eigenvalue weighted by atomic mass is 79.9. The Morgan fingerprint density at radius 1 is 1.24 bits per heavy atom. The molecule has 2 rings (SSSR count). The molecule has 0 spiro atoms. The van der Waals surface area contributed by atoms with Crippen molar-refractivity contribution in [1.29, 1.82) is 0 Å². The molecule has 0 unspecified atom stereocenters. The number of piperazine rings is 1. The van der Waals surface area contributed by atoms with Crippen LogP contribution < -0.4 is 4.74 Å². The SMILES string of the molecule is COc1cc(Br)ccc1CN1CCN(C)CC1. The first-order valence-electron chi connectivity index (χ1n) is 5.92. The lowest BCUT2D eigenvalue weighted by Crippen LogP contribution is -2.43. The van der Waals surface area contributed by atoms with E-state index in [0.717, 1.165) is 42.9 Å². The lowest BCUT2D eigenvalue weighted by atomic mass is 10.1. The summed E-state index contributed by atoms with van der Waals surface area (Å²) in [6.45, 7) is 5.55. The second kappa shape index (κ2) is 5.85. The zero-order chi connectivity index (χ0) is 12.3. The maximum absolute atomic E-state index is 5.42. The Kier molecular flexibility index (Phi) is 4.42. The van der Waals surface area contributed by atoms with Gasteiger partial charge in [0, 0.05) is 42.8 Å². The van der Waals surface area contributed by atoms with Crippen LogP contribution in [0.15, 0.2) is 22.7 Å². The van der Waals surface area contributed by atoms with Gasteiger partial charge in [-0.3, -0.25) is 4.90 Å². The summed E-state index contributed by atoms with van der Waals surface area (Å²) >= 11 is 3.47. The summed E-state index contributed by atoms with van der Waals surface area (Å²) in [5.41, 5.74) is 1.26. The normalized spacial score (nSPS) is 18.3. The van der Waals surface area contributed by atoms with E-state index in [1.54, 1.807) is 7.11 Å². The molecular formula is C13H19BrN2O. The molecule has 0 saturated carbocycles. The van der Waals surface area contributed by atoms with E-state index < -0.39 is 0 Å². The summed E-state index contributed by atoms with van der Waals surface area (Å²) in [4.78, 5) is 4.85. The van der Waals surface area contributed by atoms with E-state index in [0.29, 0.717) is 0 Å². The van der Waals surface area contributed by atoms with Crippen LogP contribution in [0, 0.1) is 0 Å². The van der Waals surface area contributed by atoms with Crippen molar-refractivity contribution in [2.24, 2.45) is 0 Å². The van der Waals surface area contributed by atoms with Gasteiger partial charge in [0.15, 0.2) is 0 Å². The summed E-state index contributed by atoms with van der Waals surface area (Å²) in [6.07, 6.45) is 0. The van der Waals surface area contributed by atoms with Gasteiger partial charge in [0.05, 0.1) is 7.11 Å². The standard InChI is InChI=1S/C13H19BrN2O/c1-15-5-7-16(8-6-15)10-11-3-4-12(14)9-13(11)17-2/h3-4,9H,5-8,10H2,1-2H3. The Bertz CT molecular complexity index is 376. The van der Waals surface area contributed by atoms with Gasteiger partial charge < -0.3 is 9.64 Å². The molecule has 4 heteroatoms. The van der Waals surface area contributed by atoms with Crippen LogP contribution in [0.4, 0.5) is 0 Å². The van der Waals surface area contributed by atoms with Crippen LogP contribution in [0.25, 0.3) is 0 Å². The quantitative estimate of drug-likeness (QED) is 0.851. The molecule has 1 heterocycles. The molecule has 1 aliphatic rings. The van der Waals surface area contributed by atoms with Crippen LogP contribution in [-0.4, -0.2) is 50.1 Å². The maximum Gasteiger partial charge on any atom is 0.124 e. The summed E-state index contributed by atoms with van der Waals surface area (Å²) in [5.74, 6) is 0.971. The number of hydrogen-bond donors (Lipinski definition) is 0.